The van der Waals surface area contributed by atoms with Crippen LogP contribution in [0.15, 0.2) is 59.1 Å². The lowest BCUT2D eigenvalue weighted by Gasteiger charge is -2.24. The summed E-state index contributed by atoms with van der Waals surface area (Å²) in [4.78, 5) is 2.24. The second-order valence-electron chi connectivity index (χ2n) is 5.88. The highest BCUT2D eigenvalue weighted by molar-refractivity contribution is 9.10. The number of hydrogen-bond donors (Lipinski definition) is 1. The summed E-state index contributed by atoms with van der Waals surface area (Å²) in [6.07, 6.45) is 1.09. The molecule has 2 aliphatic rings. The lowest BCUT2D eigenvalue weighted by atomic mass is 10.0. The number of aliphatic hydroxyl groups is 1. The van der Waals surface area contributed by atoms with E-state index in [-0.39, 0.29) is 0 Å². The summed E-state index contributed by atoms with van der Waals surface area (Å²) >= 11 is 5.33. The highest BCUT2D eigenvalue weighted by Gasteiger charge is 2.53. The molecule has 1 N–H and O–H groups in total. The molecule has 0 aromatic heterocycles. The third-order valence-corrected chi connectivity index (χ3v) is 6.14. The van der Waals surface area contributed by atoms with Gasteiger partial charge in [-0.3, -0.25) is 0 Å². The number of β-amino-alcohol motifs (C(OH)–C–C–N with tert-alkyl or cyclic N) is 1. The zero-order valence-electron chi connectivity index (χ0n) is 12.7. The Kier molecular flexibility index (Phi) is 3.95. The summed E-state index contributed by atoms with van der Waals surface area (Å²) in [5.74, 6) is 1.10. The Morgan fingerprint density at radius 1 is 1.09 bits per heavy atom. The molecular formula is C18H18BrN2OS+. The quantitative estimate of drug-likeness (QED) is 0.794. The first-order valence-corrected chi connectivity index (χ1v) is 9.55. The van der Waals surface area contributed by atoms with Crippen LogP contribution in [0.2, 0.25) is 0 Å². The molecule has 0 saturated heterocycles. The number of benzene rings is 2. The van der Waals surface area contributed by atoms with E-state index in [2.05, 4.69) is 37.5 Å². The number of nitrogens with zero attached hydrogens (tertiary/aromatic N) is 2. The van der Waals surface area contributed by atoms with Gasteiger partial charge in [-0.15, -0.1) is 0 Å². The Bertz CT molecular complexity index is 747. The molecule has 0 spiro atoms. The first-order chi connectivity index (χ1) is 11.2. The van der Waals surface area contributed by atoms with E-state index in [1.807, 2.05) is 54.2 Å². The van der Waals surface area contributed by atoms with Gasteiger partial charge >= 0.3 is 5.17 Å². The van der Waals surface area contributed by atoms with E-state index in [1.54, 1.807) is 0 Å². The minimum atomic E-state index is -0.961. The minimum absolute atomic E-state index is 0.557. The molecule has 23 heavy (non-hydrogen) atoms. The molecule has 1 atom stereocenters. The van der Waals surface area contributed by atoms with Crippen LogP contribution in [0.5, 0.6) is 0 Å². The van der Waals surface area contributed by atoms with Crippen molar-refractivity contribution in [3.05, 3.63) is 64.6 Å². The van der Waals surface area contributed by atoms with Crippen molar-refractivity contribution in [1.82, 2.24) is 0 Å². The van der Waals surface area contributed by atoms with Crippen molar-refractivity contribution in [3.8, 4) is 0 Å². The third-order valence-electron chi connectivity index (χ3n) is 4.42. The Morgan fingerprint density at radius 3 is 2.57 bits per heavy atom. The van der Waals surface area contributed by atoms with E-state index in [1.165, 1.54) is 0 Å². The predicted molar refractivity (Wildman–Crippen MR) is 99.0 cm³/mol. The maximum absolute atomic E-state index is 11.5. The van der Waals surface area contributed by atoms with Crippen LogP contribution in [-0.2, 0) is 5.72 Å². The lowest BCUT2D eigenvalue weighted by molar-refractivity contribution is -0.656. The highest BCUT2D eigenvalue weighted by atomic mass is 79.9. The van der Waals surface area contributed by atoms with Crippen molar-refractivity contribution in [2.75, 3.05) is 23.7 Å². The molecule has 2 aliphatic heterocycles. The molecule has 3 nitrogen and oxygen atoms in total. The molecule has 5 heteroatoms. The maximum Gasteiger partial charge on any atom is 0.316 e. The molecule has 0 fully saturated rings. The smallest absolute Gasteiger partial charge is 0.316 e. The average Bonchev–Trinajstić information content (AvgIpc) is 2.91. The highest BCUT2D eigenvalue weighted by Crippen LogP contribution is 2.37. The Labute approximate surface area is 148 Å². The summed E-state index contributed by atoms with van der Waals surface area (Å²) in [7, 11) is 0. The molecule has 2 aromatic rings. The molecule has 2 aromatic carbocycles. The number of rotatable bonds is 2. The molecule has 2 heterocycles. The van der Waals surface area contributed by atoms with Crippen LogP contribution < -0.4 is 4.90 Å². The monoisotopic (exact) mass is 389 g/mol. The van der Waals surface area contributed by atoms with E-state index >= 15 is 0 Å². The predicted octanol–water partition coefficient (Wildman–Crippen LogP) is 3.62. The van der Waals surface area contributed by atoms with Crippen molar-refractivity contribution >= 4 is 38.5 Å². The molecule has 118 valence electrons. The van der Waals surface area contributed by atoms with Gasteiger partial charge in [-0.25, -0.2) is 9.48 Å². The van der Waals surface area contributed by atoms with Crippen LogP contribution in [0.3, 0.4) is 0 Å². The van der Waals surface area contributed by atoms with Gasteiger partial charge in [-0.05, 0) is 42.4 Å². The first kappa shape index (κ1) is 15.2. The second kappa shape index (κ2) is 5.96. The Morgan fingerprint density at radius 2 is 1.83 bits per heavy atom. The summed E-state index contributed by atoms with van der Waals surface area (Å²) in [5, 5.41) is 12.6. The van der Waals surface area contributed by atoms with Gasteiger partial charge in [0.25, 0.3) is 5.72 Å². The number of halogens is 1. The van der Waals surface area contributed by atoms with Crippen LogP contribution >= 0.6 is 27.7 Å². The van der Waals surface area contributed by atoms with E-state index in [4.69, 9.17) is 0 Å². The standard InChI is InChI=1S/C18H18BrN2OS/c19-15-7-9-16(10-8-15)20-13-18(22,14-5-2-1-3-6-14)21-11-4-12-23-17(20)21/h1-3,5-10,22H,4,11-13H2/q+1. The second-order valence-corrected chi connectivity index (χ2v) is 7.86. The summed E-state index contributed by atoms with van der Waals surface area (Å²) < 4.78 is 3.23. The summed E-state index contributed by atoms with van der Waals surface area (Å²) in [5.41, 5.74) is 1.12. The normalized spacial score (nSPS) is 24.0. The van der Waals surface area contributed by atoms with Crippen molar-refractivity contribution in [2.45, 2.75) is 12.1 Å². The van der Waals surface area contributed by atoms with Crippen molar-refractivity contribution in [2.24, 2.45) is 0 Å². The Hall–Kier alpha value is -1.30. The maximum atomic E-state index is 11.5. The largest absolute Gasteiger partial charge is 0.346 e. The zero-order chi connectivity index (χ0) is 15.9. The van der Waals surface area contributed by atoms with Gasteiger partial charge in [0, 0.05) is 15.8 Å². The van der Waals surface area contributed by atoms with Gasteiger partial charge in [-0.2, -0.15) is 0 Å². The minimum Gasteiger partial charge on any atom is -0.346 e. The lowest BCUT2D eigenvalue weighted by Crippen LogP contribution is -2.41. The van der Waals surface area contributed by atoms with Gasteiger partial charge < -0.3 is 5.11 Å². The van der Waals surface area contributed by atoms with Crippen molar-refractivity contribution < 1.29 is 9.68 Å². The van der Waals surface area contributed by atoms with Crippen LogP contribution in [-0.4, -0.2) is 33.7 Å². The molecule has 0 amide bonds. The molecule has 0 radical (unpaired) electrons. The van der Waals surface area contributed by atoms with E-state index < -0.39 is 5.72 Å². The molecule has 0 bridgehead atoms. The number of anilines is 1. The molecule has 0 saturated carbocycles. The summed E-state index contributed by atoms with van der Waals surface area (Å²) in [6.45, 7) is 1.45. The van der Waals surface area contributed by atoms with Gasteiger partial charge in [0.05, 0.1) is 6.54 Å². The summed E-state index contributed by atoms with van der Waals surface area (Å²) in [6, 6.07) is 18.3. The van der Waals surface area contributed by atoms with E-state index in [0.717, 1.165) is 39.6 Å². The number of amidine groups is 1. The fourth-order valence-corrected chi connectivity index (χ4v) is 4.72. The first-order valence-electron chi connectivity index (χ1n) is 7.77. The van der Waals surface area contributed by atoms with Crippen LogP contribution in [0, 0.1) is 0 Å². The van der Waals surface area contributed by atoms with Crippen LogP contribution in [0.1, 0.15) is 12.0 Å². The zero-order valence-corrected chi connectivity index (χ0v) is 15.1. The van der Waals surface area contributed by atoms with Crippen LogP contribution in [0.4, 0.5) is 5.69 Å². The molecular weight excluding hydrogens is 372 g/mol. The number of thioether (sulfide) groups is 1. The molecule has 4 rings (SSSR count). The SMILES string of the molecule is OC1(c2ccccc2)CN(c2ccc(Br)cc2)C2=[N+]1CCCS2. The van der Waals surface area contributed by atoms with Gasteiger partial charge in [-0.1, -0.05) is 46.3 Å². The van der Waals surface area contributed by atoms with Gasteiger partial charge in [0.15, 0.2) is 6.54 Å². The third kappa shape index (κ3) is 2.61. The molecule has 1 unspecified atom stereocenters. The topological polar surface area (TPSA) is 26.5 Å². The van der Waals surface area contributed by atoms with Crippen LogP contribution in [0.25, 0.3) is 0 Å². The average molecular weight is 390 g/mol. The van der Waals surface area contributed by atoms with Gasteiger partial charge in [0.2, 0.25) is 0 Å². The fraction of sp³-hybridized carbons (Fsp3) is 0.278. The van der Waals surface area contributed by atoms with E-state index in [9.17, 15) is 5.11 Å². The molecule has 0 aliphatic carbocycles. The Balaban J connectivity index is 1.79. The van der Waals surface area contributed by atoms with Crippen molar-refractivity contribution in [1.29, 1.82) is 0 Å². The van der Waals surface area contributed by atoms with Gasteiger partial charge in [0.1, 0.15) is 5.69 Å². The van der Waals surface area contributed by atoms with E-state index in [0.29, 0.717) is 6.54 Å². The van der Waals surface area contributed by atoms with Crippen molar-refractivity contribution in [3.63, 3.8) is 0 Å². The fourth-order valence-electron chi connectivity index (χ4n) is 3.27. The number of hydrogen-bond acceptors (Lipinski definition) is 3.